The van der Waals surface area contributed by atoms with Crippen LogP contribution in [0, 0.1) is 0 Å². The van der Waals surface area contributed by atoms with Gasteiger partial charge in [-0.1, -0.05) is 11.6 Å². The third-order valence-corrected chi connectivity index (χ3v) is 4.39. The number of carbonyl (C=O) groups excluding carboxylic acids is 2. The molecule has 3 aromatic rings. The van der Waals surface area contributed by atoms with E-state index < -0.39 is 12.1 Å². The molecule has 0 unspecified atom stereocenters. The Kier molecular flexibility index (Phi) is 4.41. The summed E-state index contributed by atoms with van der Waals surface area (Å²) in [5.74, 6) is -0.802. The summed E-state index contributed by atoms with van der Waals surface area (Å²) >= 11 is 7.24. The van der Waals surface area contributed by atoms with Crippen molar-refractivity contribution in [3.63, 3.8) is 0 Å². The Morgan fingerprint density at radius 1 is 1.13 bits per heavy atom. The molecule has 0 spiro atoms. The number of ether oxygens (including phenoxy) is 1. The van der Waals surface area contributed by atoms with Crippen LogP contribution in [0.25, 0.3) is 10.2 Å². The Hall–Kier alpha value is -2.24. The fourth-order valence-corrected chi connectivity index (χ4v) is 2.96. The van der Waals surface area contributed by atoms with E-state index in [1.54, 1.807) is 54.9 Å². The number of nitrogens with zero attached hydrogens (tertiary/aromatic N) is 1. The van der Waals surface area contributed by atoms with E-state index in [-0.39, 0.29) is 5.78 Å². The molecule has 0 aliphatic heterocycles. The number of aromatic nitrogens is 1. The number of fused-ring (bicyclic) bond motifs is 1. The smallest absolute Gasteiger partial charge is 0.338 e. The van der Waals surface area contributed by atoms with Crippen LogP contribution in [0.3, 0.4) is 0 Å². The van der Waals surface area contributed by atoms with Gasteiger partial charge in [0.1, 0.15) is 0 Å². The van der Waals surface area contributed by atoms with Gasteiger partial charge < -0.3 is 4.74 Å². The molecular formula is C17H12ClNO3S. The maximum Gasteiger partial charge on any atom is 0.338 e. The topological polar surface area (TPSA) is 56.3 Å². The lowest BCUT2D eigenvalue weighted by Crippen LogP contribution is -2.24. The zero-order chi connectivity index (χ0) is 16.4. The predicted molar refractivity (Wildman–Crippen MR) is 90.3 cm³/mol. The van der Waals surface area contributed by atoms with Gasteiger partial charge in [0.25, 0.3) is 0 Å². The van der Waals surface area contributed by atoms with Gasteiger partial charge in [0.2, 0.25) is 5.78 Å². The molecule has 0 aliphatic rings. The van der Waals surface area contributed by atoms with Crippen molar-refractivity contribution in [2.75, 3.05) is 0 Å². The van der Waals surface area contributed by atoms with Crippen LogP contribution in [-0.4, -0.2) is 22.8 Å². The maximum absolute atomic E-state index is 12.3. The number of carbonyl (C=O) groups is 2. The van der Waals surface area contributed by atoms with Gasteiger partial charge in [0, 0.05) is 10.6 Å². The third kappa shape index (κ3) is 3.41. The lowest BCUT2D eigenvalue weighted by atomic mass is 10.1. The number of ketones is 1. The number of hydrogen-bond acceptors (Lipinski definition) is 5. The lowest BCUT2D eigenvalue weighted by molar-refractivity contribution is 0.0319. The Balaban J connectivity index is 1.73. The van der Waals surface area contributed by atoms with Gasteiger partial charge in [-0.15, -0.1) is 11.3 Å². The van der Waals surface area contributed by atoms with Gasteiger partial charge in [0.15, 0.2) is 6.10 Å². The van der Waals surface area contributed by atoms with Crippen LogP contribution in [0.5, 0.6) is 0 Å². The summed E-state index contributed by atoms with van der Waals surface area (Å²) in [4.78, 5) is 28.6. The van der Waals surface area contributed by atoms with E-state index in [1.165, 1.54) is 11.3 Å². The number of rotatable bonds is 4. The molecule has 1 aromatic heterocycles. The predicted octanol–water partition coefficient (Wildman–Crippen LogP) is 4.38. The number of Topliss-reactive ketones (excluding diaryl/α,β-unsaturated/α-hetero) is 1. The van der Waals surface area contributed by atoms with Crippen molar-refractivity contribution in [1.29, 1.82) is 0 Å². The van der Waals surface area contributed by atoms with Crippen LogP contribution in [0.4, 0.5) is 0 Å². The lowest BCUT2D eigenvalue weighted by Gasteiger charge is -2.12. The highest BCUT2D eigenvalue weighted by Gasteiger charge is 2.20. The molecule has 0 aliphatic carbocycles. The summed E-state index contributed by atoms with van der Waals surface area (Å²) in [7, 11) is 0. The minimum Gasteiger partial charge on any atom is -0.451 e. The fraction of sp³-hybridized carbons (Fsp3) is 0.118. The van der Waals surface area contributed by atoms with E-state index in [0.717, 1.165) is 10.2 Å². The molecular weight excluding hydrogens is 334 g/mol. The van der Waals surface area contributed by atoms with Gasteiger partial charge in [-0.2, -0.15) is 0 Å². The second-order valence-electron chi connectivity index (χ2n) is 4.95. The zero-order valence-corrected chi connectivity index (χ0v) is 13.7. The van der Waals surface area contributed by atoms with Crippen molar-refractivity contribution in [3.8, 4) is 0 Å². The Bertz CT molecular complexity index is 873. The van der Waals surface area contributed by atoms with Crippen molar-refractivity contribution in [2.45, 2.75) is 13.0 Å². The highest BCUT2D eigenvalue weighted by atomic mass is 35.5. The number of thiazole rings is 1. The molecule has 0 bridgehead atoms. The quantitative estimate of drug-likeness (QED) is 0.520. The highest BCUT2D eigenvalue weighted by molar-refractivity contribution is 7.16. The molecule has 4 nitrogen and oxygen atoms in total. The number of esters is 1. The average Bonchev–Trinajstić information content (AvgIpc) is 3.02. The van der Waals surface area contributed by atoms with Crippen molar-refractivity contribution >= 4 is 44.9 Å². The molecule has 3 rings (SSSR count). The van der Waals surface area contributed by atoms with Crippen LogP contribution >= 0.6 is 22.9 Å². The second kappa shape index (κ2) is 6.48. The summed E-state index contributed by atoms with van der Waals surface area (Å²) in [6, 6.07) is 11.6. The summed E-state index contributed by atoms with van der Waals surface area (Å²) in [5, 5.41) is 0.545. The minimum atomic E-state index is -0.874. The van der Waals surface area contributed by atoms with Crippen LogP contribution in [0.1, 0.15) is 27.6 Å². The van der Waals surface area contributed by atoms with E-state index in [2.05, 4.69) is 4.98 Å². The summed E-state index contributed by atoms with van der Waals surface area (Å²) in [6.45, 7) is 1.56. The van der Waals surface area contributed by atoms with E-state index in [9.17, 15) is 9.59 Å². The molecule has 0 N–H and O–H groups in total. The van der Waals surface area contributed by atoms with Crippen LogP contribution < -0.4 is 0 Å². The molecule has 0 radical (unpaired) electrons. The summed E-state index contributed by atoms with van der Waals surface area (Å²) in [6.07, 6.45) is -0.874. The first-order chi connectivity index (χ1) is 11.0. The molecule has 0 saturated heterocycles. The van der Waals surface area contributed by atoms with Crippen LogP contribution in [-0.2, 0) is 4.74 Å². The first kappa shape index (κ1) is 15.6. The molecule has 1 heterocycles. The Morgan fingerprint density at radius 3 is 2.57 bits per heavy atom. The van der Waals surface area contributed by atoms with Gasteiger partial charge in [-0.05, 0) is 49.4 Å². The zero-order valence-electron chi connectivity index (χ0n) is 12.2. The number of benzene rings is 2. The minimum absolute atomic E-state index is 0.270. The Morgan fingerprint density at radius 2 is 1.83 bits per heavy atom. The van der Waals surface area contributed by atoms with Gasteiger partial charge >= 0.3 is 5.97 Å². The van der Waals surface area contributed by atoms with E-state index in [0.29, 0.717) is 16.1 Å². The monoisotopic (exact) mass is 345 g/mol. The van der Waals surface area contributed by atoms with Crippen molar-refractivity contribution < 1.29 is 14.3 Å². The third-order valence-electron chi connectivity index (χ3n) is 3.35. The van der Waals surface area contributed by atoms with E-state index in [4.69, 9.17) is 16.3 Å². The SMILES string of the molecule is C[C@H](OC(=O)c1ccc2ncsc2c1)C(=O)c1ccc(Cl)cc1. The van der Waals surface area contributed by atoms with Gasteiger partial charge in [0.05, 0.1) is 21.3 Å². The first-order valence-corrected chi connectivity index (χ1v) is 8.14. The molecule has 0 amide bonds. The molecule has 1 atom stereocenters. The molecule has 0 saturated carbocycles. The van der Waals surface area contributed by atoms with Crippen molar-refractivity contribution in [3.05, 3.63) is 64.1 Å². The fourth-order valence-electron chi connectivity index (χ4n) is 2.11. The van der Waals surface area contributed by atoms with Crippen molar-refractivity contribution in [1.82, 2.24) is 4.98 Å². The number of halogens is 1. The molecule has 116 valence electrons. The van der Waals surface area contributed by atoms with E-state index >= 15 is 0 Å². The van der Waals surface area contributed by atoms with Gasteiger partial charge in [-0.25, -0.2) is 9.78 Å². The van der Waals surface area contributed by atoms with Crippen LogP contribution in [0.15, 0.2) is 48.0 Å². The maximum atomic E-state index is 12.3. The largest absolute Gasteiger partial charge is 0.451 e. The standard InChI is InChI=1S/C17H12ClNO3S/c1-10(16(20)11-2-5-13(18)6-3-11)22-17(21)12-4-7-14-15(8-12)23-9-19-14/h2-10H,1H3/t10-/m0/s1. The summed E-state index contributed by atoms with van der Waals surface area (Å²) < 4.78 is 6.17. The normalized spacial score (nSPS) is 12.1. The molecule has 23 heavy (non-hydrogen) atoms. The molecule has 6 heteroatoms. The number of hydrogen-bond donors (Lipinski definition) is 0. The molecule has 0 fully saturated rings. The van der Waals surface area contributed by atoms with E-state index in [1.807, 2.05) is 0 Å². The second-order valence-corrected chi connectivity index (χ2v) is 6.28. The average molecular weight is 346 g/mol. The summed E-state index contributed by atoms with van der Waals surface area (Å²) in [5.41, 5.74) is 3.40. The molecule has 2 aromatic carbocycles. The van der Waals surface area contributed by atoms with Gasteiger partial charge in [-0.3, -0.25) is 4.79 Å². The highest BCUT2D eigenvalue weighted by Crippen LogP contribution is 2.20. The van der Waals surface area contributed by atoms with Crippen molar-refractivity contribution in [2.24, 2.45) is 0 Å². The van der Waals surface area contributed by atoms with Crippen LogP contribution in [0.2, 0.25) is 5.02 Å². The first-order valence-electron chi connectivity index (χ1n) is 6.88. The Labute approximate surface area is 141 Å².